The molecule has 0 aromatic carbocycles. The molecule has 0 N–H and O–H groups in total. The molecule has 124 valence electrons. The largest absolute Gasteiger partial charge is 0.425 e. The topological polar surface area (TPSA) is 68.2 Å². The zero-order valence-electron chi connectivity index (χ0n) is 14.1. The van der Waals surface area contributed by atoms with Crippen LogP contribution in [0.2, 0.25) is 0 Å². The molecular formula is C17H24N4O2. The maximum Gasteiger partial charge on any atom is 0.224 e. The van der Waals surface area contributed by atoms with Crippen LogP contribution < -0.4 is 0 Å². The third-order valence-corrected chi connectivity index (χ3v) is 5.75. The van der Waals surface area contributed by atoms with E-state index < -0.39 is 0 Å². The average Bonchev–Trinajstić information content (AvgIpc) is 3.23. The molecule has 1 saturated heterocycles. The molecule has 1 aliphatic heterocycles. The number of hydrogen-bond donors (Lipinski definition) is 0. The number of rotatable bonds is 4. The summed E-state index contributed by atoms with van der Waals surface area (Å²) in [6, 6.07) is 0. The molecule has 2 aromatic rings. The second-order valence-electron chi connectivity index (χ2n) is 7.16. The van der Waals surface area contributed by atoms with Crippen molar-refractivity contribution in [1.82, 2.24) is 20.3 Å². The maximum absolute atomic E-state index is 5.84. The summed E-state index contributed by atoms with van der Waals surface area (Å²) in [6.45, 7) is 9.09. The van der Waals surface area contributed by atoms with E-state index >= 15 is 0 Å². The molecule has 6 nitrogen and oxygen atoms in total. The van der Waals surface area contributed by atoms with Crippen LogP contribution in [-0.4, -0.2) is 39.9 Å². The third kappa shape index (κ3) is 2.40. The summed E-state index contributed by atoms with van der Waals surface area (Å²) in [5, 5.41) is 12.5. The van der Waals surface area contributed by atoms with Crippen LogP contribution >= 0.6 is 0 Å². The molecule has 3 heterocycles. The van der Waals surface area contributed by atoms with Crippen molar-refractivity contribution in [2.45, 2.75) is 51.9 Å². The molecule has 2 atom stereocenters. The van der Waals surface area contributed by atoms with E-state index in [2.05, 4.69) is 20.3 Å². The van der Waals surface area contributed by atoms with Crippen LogP contribution in [0.15, 0.2) is 8.94 Å². The Bertz CT molecular complexity index is 688. The fourth-order valence-electron chi connectivity index (χ4n) is 4.54. The van der Waals surface area contributed by atoms with Crippen LogP contribution in [0.25, 0.3) is 0 Å². The summed E-state index contributed by atoms with van der Waals surface area (Å²) in [4.78, 5) is 2.55. The van der Waals surface area contributed by atoms with Gasteiger partial charge in [0, 0.05) is 32.1 Å². The van der Waals surface area contributed by atoms with Gasteiger partial charge >= 0.3 is 0 Å². The van der Waals surface area contributed by atoms with Gasteiger partial charge in [-0.15, -0.1) is 10.2 Å². The predicted octanol–water partition coefficient (Wildman–Crippen LogP) is 2.58. The lowest BCUT2D eigenvalue weighted by atomic mass is 9.80. The summed E-state index contributed by atoms with van der Waals surface area (Å²) in [7, 11) is 0. The van der Waals surface area contributed by atoms with Gasteiger partial charge in [-0.05, 0) is 39.0 Å². The molecular weight excluding hydrogens is 292 g/mol. The highest BCUT2D eigenvalue weighted by molar-refractivity contribution is 5.22. The molecule has 6 heteroatoms. The molecule has 2 fully saturated rings. The number of aromatic nitrogens is 3. The predicted molar refractivity (Wildman–Crippen MR) is 84.2 cm³/mol. The first-order chi connectivity index (χ1) is 11.1. The van der Waals surface area contributed by atoms with Crippen LogP contribution in [0.4, 0.5) is 0 Å². The van der Waals surface area contributed by atoms with E-state index in [1.54, 1.807) is 0 Å². The summed E-state index contributed by atoms with van der Waals surface area (Å²) >= 11 is 0. The summed E-state index contributed by atoms with van der Waals surface area (Å²) in [5.74, 6) is 3.13. The highest BCUT2D eigenvalue weighted by Crippen LogP contribution is 2.49. The molecule has 2 aromatic heterocycles. The van der Waals surface area contributed by atoms with Gasteiger partial charge < -0.3 is 13.8 Å². The maximum atomic E-state index is 5.84. The van der Waals surface area contributed by atoms with Gasteiger partial charge in [0.2, 0.25) is 11.8 Å². The number of nitrogens with zero attached hydrogens (tertiary/aromatic N) is 4. The standard InChI is InChI=1S/C17H24N4O2/c1-11-15(12(2)23-20-11)6-8-21-9-14-5-4-7-17(14,10-21)16-19-18-13(3)22-16/h14H,4-10H2,1-3H3/t14-,17-/m0/s1. The van der Waals surface area contributed by atoms with Crippen LogP contribution in [0.5, 0.6) is 0 Å². The number of fused-ring (bicyclic) bond motifs is 1. The Balaban J connectivity index is 1.49. The highest BCUT2D eigenvalue weighted by atomic mass is 16.5. The zero-order valence-corrected chi connectivity index (χ0v) is 14.1. The Labute approximate surface area is 136 Å². The second-order valence-corrected chi connectivity index (χ2v) is 7.16. The minimum Gasteiger partial charge on any atom is -0.425 e. The van der Waals surface area contributed by atoms with Crippen LogP contribution in [0.1, 0.15) is 48.1 Å². The van der Waals surface area contributed by atoms with Gasteiger partial charge in [0.1, 0.15) is 5.76 Å². The fourth-order valence-corrected chi connectivity index (χ4v) is 4.54. The van der Waals surface area contributed by atoms with Crippen molar-refractivity contribution >= 4 is 0 Å². The zero-order chi connectivity index (χ0) is 16.0. The Morgan fingerprint density at radius 2 is 2.13 bits per heavy atom. The lowest BCUT2D eigenvalue weighted by molar-refractivity contribution is 0.270. The van der Waals surface area contributed by atoms with E-state index in [1.807, 2.05) is 20.8 Å². The van der Waals surface area contributed by atoms with Gasteiger partial charge in [-0.2, -0.15) is 0 Å². The SMILES string of the molecule is Cc1nnc([C@]23CCC[C@H]2CN(CCc2c(C)noc2C)C3)o1. The van der Waals surface area contributed by atoms with E-state index in [9.17, 15) is 0 Å². The van der Waals surface area contributed by atoms with Crippen molar-refractivity contribution in [3.8, 4) is 0 Å². The monoisotopic (exact) mass is 316 g/mol. The third-order valence-electron chi connectivity index (χ3n) is 5.75. The minimum absolute atomic E-state index is 0.0833. The fraction of sp³-hybridized carbons (Fsp3) is 0.706. The van der Waals surface area contributed by atoms with E-state index in [-0.39, 0.29) is 5.41 Å². The molecule has 0 radical (unpaired) electrons. The van der Waals surface area contributed by atoms with Gasteiger partial charge in [-0.3, -0.25) is 0 Å². The van der Waals surface area contributed by atoms with Crippen molar-refractivity contribution in [3.63, 3.8) is 0 Å². The molecule has 0 unspecified atom stereocenters. The van der Waals surface area contributed by atoms with E-state index in [0.717, 1.165) is 43.4 Å². The summed E-state index contributed by atoms with van der Waals surface area (Å²) in [5.41, 5.74) is 2.36. The molecule has 23 heavy (non-hydrogen) atoms. The molecule has 1 aliphatic carbocycles. The van der Waals surface area contributed by atoms with Crippen molar-refractivity contribution in [2.24, 2.45) is 5.92 Å². The lowest BCUT2D eigenvalue weighted by Crippen LogP contribution is -2.33. The average molecular weight is 316 g/mol. The smallest absolute Gasteiger partial charge is 0.224 e. The van der Waals surface area contributed by atoms with Crippen molar-refractivity contribution in [1.29, 1.82) is 0 Å². The van der Waals surface area contributed by atoms with Crippen molar-refractivity contribution in [3.05, 3.63) is 28.8 Å². The van der Waals surface area contributed by atoms with Gasteiger partial charge in [0.25, 0.3) is 0 Å². The van der Waals surface area contributed by atoms with Gasteiger partial charge in [-0.25, -0.2) is 0 Å². The molecule has 0 amide bonds. The van der Waals surface area contributed by atoms with Gasteiger partial charge in [-0.1, -0.05) is 11.6 Å². The van der Waals surface area contributed by atoms with Gasteiger partial charge in [0.05, 0.1) is 11.1 Å². The van der Waals surface area contributed by atoms with Crippen LogP contribution in [0.3, 0.4) is 0 Å². The van der Waals surface area contributed by atoms with Crippen molar-refractivity contribution < 1.29 is 8.94 Å². The minimum atomic E-state index is 0.0833. The van der Waals surface area contributed by atoms with E-state index in [0.29, 0.717) is 11.8 Å². The Morgan fingerprint density at radius 3 is 2.83 bits per heavy atom. The number of aryl methyl sites for hydroxylation is 3. The summed E-state index contributed by atoms with van der Waals surface area (Å²) < 4.78 is 11.1. The number of hydrogen-bond acceptors (Lipinski definition) is 6. The van der Waals surface area contributed by atoms with Crippen LogP contribution in [-0.2, 0) is 11.8 Å². The second kappa shape index (κ2) is 5.44. The van der Waals surface area contributed by atoms with Crippen molar-refractivity contribution in [2.75, 3.05) is 19.6 Å². The Morgan fingerprint density at radius 1 is 1.26 bits per heavy atom. The first-order valence-electron chi connectivity index (χ1n) is 8.53. The Kier molecular flexibility index (Phi) is 3.52. The Hall–Kier alpha value is -1.69. The molecule has 0 bridgehead atoms. The lowest BCUT2D eigenvalue weighted by Gasteiger charge is -2.24. The molecule has 1 saturated carbocycles. The van der Waals surface area contributed by atoms with Gasteiger partial charge in [0.15, 0.2) is 0 Å². The number of likely N-dealkylation sites (tertiary alicyclic amines) is 1. The highest BCUT2D eigenvalue weighted by Gasteiger charge is 2.53. The molecule has 0 spiro atoms. The molecule has 2 aliphatic rings. The normalized spacial score (nSPS) is 27.7. The first kappa shape index (κ1) is 14.9. The van der Waals surface area contributed by atoms with Crippen LogP contribution in [0, 0.1) is 26.7 Å². The summed E-state index contributed by atoms with van der Waals surface area (Å²) in [6.07, 6.45) is 4.70. The quantitative estimate of drug-likeness (QED) is 0.863. The first-order valence-corrected chi connectivity index (χ1v) is 8.53. The van der Waals surface area contributed by atoms with E-state index in [1.165, 1.54) is 24.8 Å². The molecule has 4 rings (SSSR count). The van der Waals surface area contributed by atoms with E-state index in [4.69, 9.17) is 8.94 Å².